The summed E-state index contributed by atoms with van der Waals surface area (Å²) in [6.07, 6.45) is 2.82. The quantitative estimate of drug-likeness (QED) is 0.941. The number of benzene rings is 1. The van der Waals surface area contributed by atoms with Crippen LogP contribution in [0.5, 0.6) is 0 Å². The summed E-state index contributed by atoms with van der Waals surface area (Å²) in [6.45, 7) is 0. The van der Waals surface area contributed by atoms with Gasteiger partial charge in [0.25, 0.3) is 0 Å². The second-order valence-electron chi connectivity index (χ2n) is 4.03. The highest BCUT2D eigenvalue weighted by Gasteiger charge is 2.13. The molecule has 0 bridgehead atoms. The molecular formula is C13H10ClN3O2S. The van der Waals surface area contributed by atoms with E-state index in [2.05, 4.69) is 9.71 Å². The third-order valence-electron chi connectivity index (χ3n) is 2.47. The Morgan fingerprint density at radius 1 is 1.25 bits per heavy atom. The van der Waals surface area contributed by atoms with E-state index < -0.39 is 10.0 Å². The number of hydrogen-bond acceptors (Lipinski definition) is 4. The Balaban J connectivity index is 2.15. The molecule has 0 saturated carbocycles. The van der Waals surface area contributed by atoms with E-state index in [0.29, 0.717) is 11.1 Å². The van der Waals surface area contributed by atoms with Gasteiger partial charge in [-0.1, -0.05) is 23.7 Å². The van der Waals surface area contributed by atoms with Crippen molar-refractivity contribution >= 4 is 27.3 Å². The Hall–Kier alpha value is -2.10. The zero-order valence-electron chi connectivity index (χ0n) is 10.2. The smallest absolute Gasteiger partial charge is 0.237 e. The Kier molecular flexibility index (Phi) is 4.23. The summed E-state index contributed by atoms with van der Waals surface area (Å²) in [5, 5.41) is 8.97. The van der Waals surface area contributed by atoms with Gasteiger partial charge in [0.05, 0.1) is 34.3 Å². The van der Waals surface area contributed by atoms with Gasteiger partial charge in [0.15, 0.2) is 0 Å². The lowest BCUT2D eigenvalue weighted by atomic mass is 10.2. The molecule has 1 aromatic carbocycles. The first-order chi connectivity index (χ1) is 9.50. The number of sulfonamides is 1. The predicted octanol–water partition coefficient (Wildman–Crippen LogP) is 2.55. The van der Waals surface area contributed by atoms with Gasteiger partial charge >= 0.3 is 0 Å². The van der Waals surface area contributed by atoms with E-state index in [-0.39, 0.29) is 16.5 Å². The van der Waals surface area contributed by atoms with Crippen molar-refractivity contribution in [3.05, 3.63) is 58.9 Å². The normalized spacial score (nSPS) is 10.8. The summed E-state index contributed by atoms with van der Waals surface area (Å²) in [4.78, 5) is 3.81. The lowest BCUT2D eigenvalue weighted by Crippen LogP contribution is -2.15. The molecule has 5 nitrogen and oxygen atoms in total. The van der Waals surface area contributed by atoms with Crippen molar-refractivity contribution in [2.24, 2.45) is 0 Å². The number of halogens is 1. The molecule has 20 heavy (non-hydrogen) atoms. The number of pyridine rings is 1. The molecule has 0 amide bonds. The molecule has 0 aliphatic carbocycles. The first-order valence-electron chi connectivity index (χ1n) is 5.59. The number of nitriles is 1. The van der Waals surface area contributed by atoms with Gasteiger partial charge in [0, 0.05) is 6.20 Å². The van der Waals surface area contributed by atoms with Crippen molar-refractivity contribution < 1.29 is 8.42 Å². The minimum Gasteiger partial charge on any atom is -0.280 e. The Morgan fingerprint density at radius 3 is 2.55 bits per heavy atom. The van der Waals surface area contributed by atoms with Crippen LogP contribution in [0.15, 0.2) is 42.7 Å². The van der Waals surface area contributed by atoms with E-state index in [4.69, 9.17) is 16.9 Å². The van der Waals surface area contributed by atoms with Gasteiger partial charge in [-0.2, -0.15) is 5.26 Å². The first-order valence-corrected chi connectivity index (χ1v) is 7.62. The van der Waals surface area contributed by atoms with E-state index in [1.807, 2.05) is 6.07 Å². The predicted molar refractivity (Wildman–Crippen MR) is 76.7 cm³/mol. The average Bonchev–Trinajstić information content (AvgIpc) is 2.41. The lowest BCUT2D eigenvalue weighted by Gasteiger charge is -2.09. The van der Waals surface area contributed by atoms with Gasteiger partial charge in [-0.15, -0.1) is 0 Å². The highest BCUT2D eigenvalue weighted by Crippen LogP contribution is 2.21. The minimum absolute atomic E-state index is 0.204. The van der Waals surface area contributed by atoms with Crippen LogP contribution in [0.2, 0.25) is 5.02 Å². The molecule has 0 fully saturated rings. The molecule has 102 valence electrons. The third-order valence-corrected chi connectivity index (χ3v) is 4.05. The Labute approximate surface area is 121 Å². The molecule has 1 aromatic heterocycles. The monoisotopic (exact) mass is 307 g/mol. The standard InChI is InChI=1S/C13H10ClN3O2S/c14-12-5-6-16-8-13(12)17-20(18,19)9-11-3-1-10(7-15)2-4-11/h1-6,8,17H,9H2. The fourth-order valence-electron chi connectivity index (χ4n) is 1.55. The van der Waals surface area contributed by atoms with Crippen molar-refractivity contribution in [2.45, 2.75) is 5.75 Å². The molecule has 7 heteroatoms. The molecule has 0 atom stereocenters. The van der Waals surface area contributed by atoms with E-state index in [1.54, 1.807) is 24.3 Å². The summed E-state index contributed by atoms with van der Waals surface area (Å²) >= 11 is 5.87. The molecular weight excluding hydrogens is 298 g/mol. The average molecular weight is 308 g/mol. The molecule has 0 aliphatic heterocycles. The molecule has 0 aliphatic rings. The second-order valence-corrected chi connectivity index (χ2v) is 6.15. The molecule has 2 aromatic rings. The summed E-state index contributed by atoms with van der Waals surface area (Å²) in [5.41, 5.74) is 1.30. The number of nitrogens with one attached hydrogen (secondary N) is 1. The maximum atomic E-state index is 12.0. The highest BCUT2D eigenvalue weighted by atomic mass is 35.5. The number of aromatic nitrogens is 1. The second kappa shape index (κ2) is 5.90. The molecule has 2 rings (SSSR count). The first kappa shape index (κ1) is 14.3. The molecule has 0 unspecified atom stereocenters. The summed E-state index contributed by atoms with van der Waals surface area (Å²) in [5.74, 6) is -0.204. The van der Waals surface area contributed by atoms with Crippen molar-refractivity contribution in [3.8, 4) is 6.07 Å². The van der Waals surface area contributed by atoms with Crippen LogP contribution < -0.4 is 4.72 Å². The number of anilines is 1. The van der Waals surface area contributed by atoms with E-state index in [1.165, 1.54) is 18.5 Å². The molecule has 0 radical (unpaired) electrons. The van der Waals surface area contributed by atoms with Crippen LogP contribution >= 0.6 is 11.6 Å². The SMILES string of the molecule is N#Cc1ccc(CS(=O)(=O)Nc2cnccc2Cl)cc1. The van der Waals surface area contributed by atoms with Crippen molar-refractivity contribution in [1.82, 2.24) is 4.98 Å². The topological polar surface area (TPSA) is 82.8 Å². The highest BCUT2D eigenvalue weighted by molar-refractivity contribution is 7.91. The fraction of sp³-hybridized carbons (Fsp3) is 0.0769. The van der Waals surface area contributed by atoms with Crippen LogP contribution in [0, 0.1) is 11.3 Å². The van der Waals surface area contributed by atoms with Gasteiger partial charge < -0.3 is 0 Å². The van der Waals surface area contributed by atoms with Gasteiger partial charge in [0.2, 0.25) is 10.0 Å². The largest absolute Gasteiger partial charge is 0.280 e. The summed E-state index contributed by atoms with van der Waals surface area (Å²) < 4.78 is 26.4. The summed E-state index contributed by atoms with van der Waals surface area (Å²) in [7, 11) is -3.59. The van der Waals surface area contributed by atoms with Gasteiger partial charge in [-0.3, -0.25) is 9.71 Å². The number of hydrogen-bond donors (Lipinski definition) is 1. The Bertz CT molecular complexity index is 752. The van der Waals surface area contributed by atoms with Gasteiger partial charge in [-0.25, -0.2) is 8.42 Å². The number of rotatable bonds is 4. The maximum Gasteiger partial charge on any atom is 0.237 e. The van der Waals surface area contributed by atoms with Gasteiger partial charge in [-0.05, 0) is 23.8 Å². The Morgan fingerprint density at radius 2 is 1.95 bits per heavy atom. The van der Waals surface area contributed by atoms with Crippen LogP contribution in [-0.4, -0.2) is 13.4 Å². The van der Waals surface area contributed by atoms with Crippen LogP contribution in [0.3, 0.4) is 0 Å². The van der Waals surface area contributed by atoms with Crippen LogP contribution in [0.25, 0.3) is 0 Å². The van der Waals surface area contributed by atoms with E-state index in [0.717, 1.165) is 0 Å². The van der Waals surface area contributed by atoms with Crippen molar-refractivity contribution in [2.75, 3.05) is 4.72 Å². The molecule has 0 spiro atoms. The molecule has 1 N–H and O–H groups in total. The van der Waals surface area contributed by atoms with Crippen LogP contribution in [-0.2, 0) is 15.8 Å². The van der Waals surface area contributed by atoms with E-state index in [9.17, 15) is 8.42 Å². The van der Waals surface area contributed by atoms with E-state index >= 15 is 0 Å². The van der Waals surface area contributed by atoms with Crippen LogP contribution in [0.1, 0.15) is 11.1 Å². The van der Waals surface area contributed by atoms with Crippen LogP contribution in [0.4, 0.5) is 5.69 Å². The minimum atomic E-state index is -3.59. The fourth-order valence-corrected chi connectivity index (χ4v) is 2.96. The third kappa shape index (κ3) is 3.70. The van der Waals surface area contributed by atoms with Gasteiger partial charge in [0.1, 0.15) is 0 Å². The molecule has 0 saturated heterocycles. The molecule has 1 heterocycles. The number of nitrogens with zero attached hydrogens (tertiary/aromatic N) is 2. The zero-order chi connectivity index (χ0) is 14.6. The maximum absolute atomic E-state index is 12.0. The van der Waals surface area contributed by atoms with Crippen molar-refractivity contribution in [3.63, 3.8) is 0 Å². The van der Waals surface area contributed by atoms with Crippen molar-refractivity contribution in [1.29, 1.82) is 5.26 Å². The zero-order valence-corrected chi connectivity index (χ0v) is 11.8. The lowest BCUT2D eigenvalue weighted by molar-refractivity contribution is 0.600. The summed E-state index contributed by atoms with van der Waals surface area (Å²) in [6, 6.07) is 9.82.